The van der Waals surface area contributed by atoms with Crippen molar-refractivity contribution < 1.29 is 4.74 Å². The predicted octanol–water partition coefficient (Wildman–Crippen LogP) is 1.93. The van der Waals surface area contributed by atoms with Gasteiger partial charge in [0.1, 0.15) is 11.5 Å². The quantitative estimate of drug-likeness (QED) is 0.587. The Balaban J connectivity index is 1.83. The maximum atomic E-state index is 7.28. The van der Waals surface area contributed by atoms with E-state index >= 15 is 0 Å². The number of hydrogen-bond donors (Lipinski definition) is 2. The molecular weight excluding hydrogens is 202 g/mol. The van der Waals surface area contributed by atoms with Crippen LogP contribution in [0.3, 0.4) is 0 Å². The largest absolute Gasteiger partial charge is 0.478 e. The van der Waals surface area contributed by atoms with Crippen molar-refractivity contribution in [3.05, 3.63) is 23.9 Å². The minimum absolute atomic E-state index is 0.0237. The summed E-state index contributed by atoms with van der Waals surface area (Å²) in [6, 6.07) is 5.32. The van der Waals surface area contributed by atoms with Gasteiger partial charge in [-0.2, -0.15) is 0 Å². The van der Waals surface area contributed by atoms with Crippen molar-refractivity contribution in [2.45, 2.75) is 25.7 Å². The zero-order valence-corrected chi connectivity index (χ0v) is 9.28. The number of aromatic nitrogens is 1. The normalized spacial score (nSPS) is 15.5. The molecule has 0 aromatic carbocycles. The molecule has 1 aliphatic rings. The van der Waals surface area contributed by atoms with Crippen molar-refractivity contribution in [3.8, 4) is 5.88 Å². The second kappa shape index (κ2) is 4.96. The summed E-state index contributed by atoms with van der Waals surface area (Å²) >= 11 is 0. The molecule has 4 nitrogen and oxygen atoms in total. The molecule has 86 valence electrons. The first-order valence-corrected chi connectivity index (χ1v) is 5.70. The summed E-state index contributed by atoms with van der Waals surface area (Å²) < 4.78 is 5.54. The number of rotatable bonds is 5. The molecule has 1 aromatic heterocycles. The smallest absolute Gasteiger partial charge is 0.213 e. The molecule has 1 heterocycles. The van der Waals surface area contributed by atoms with Gasteiger partial charge in [0.25, 0.3) is 0 Å². The minimum Gasteiger partial charge on any atom is -0.478 e. The first kappa shape index (κ1) is 10.9. The Morgan fingerprint density at radius 2 is 2.31 bits per heavy atom. The van der Waals surface area contributed by atoms with Crippen LogP contribution in [0.4, 0.5) is 0 Å². The van der Waals surface area contributed by atoms with Crippen molar-refractivity contribution in [2.75, 3.05) is 6.61 Å². The van der Waals surface area contributed by atoms with Crippen LogP contribution in [-0.2, 0) is 0 Å². The summed E-state index contributed by atoms with van der Waals surface area (Å²) in [4.78, 5) is 4.14. The number of nitrogens with zero attached hydrogens (tertiary/aromatic N) is 1. The Morgan fingerprint density at radius 1 is 1.50 bits per heavy atom. The molecule has 0 radical (unpaired) electrons. The lowest BCUT2D eigenvalue weighted by molar-refractivity contribution is 0.217. The molecule has 1 aliphatic carbocycles. The Hall–Kier alpha value is -1.58. The van der Waals surface area contributed by atoms with Gasteiger partial charge < -0.3 is 10.5 Å². The fourth-order valence-electron chi connectivity index (χ4n) is 1.76. The van der Waals surface area contributed by atoms with Crippen molar-refractivity contribution in [2.24, 2.45) is 11.7 Å². The summed E-state index contributed by atoms with van der Waals surface area (Å²) in [6.07, 6.45) is 5.14. The standard InChI is InChI=1S/C12H17N3O/c13-12(14)10-5-2-6-11(15-10)16-8-7-9-3-1-4-9/h2,5-6,9H,1,3-4,7-8H2,(H3,13,14). The Morgan fingerprint density at radius 3 is 2.94 bits per heavy atom. The van der Waals surface area contributed by atoms with Crippen molar-refractivity contribution in [1.82, 2.24) is 4.98 Å². The molecule has 0 atom stereocenters. The van der Waals surface area contributed by atoms with Gasteiger partial charge in [0, 0.05) is 6.07 Å². The summed E-state index contributed by atoms with van der Waals surface area (Å²) in [5.74, 6) is 1.38. The molecule has 2 rings (SSSR count). The third kappa shape index (κ3) is 2.72. The predicted molar refractivity (Wildman–Crippen MR) is 62.7 cm³/mol. The molecule has 0 aliphatic heterocycles. The molecule has 3 N–H and O–H groups in total. The van der Waals surface area contributed by atoms with Crippen LogP contribution in [-0.4, -0.2) is 17.4 Å². The van der Waals surface area contributed by atoms with E-state index < -0.39 is 0 Å². The first-order valence-electron chi connectivity index (χ1n) is 5.70. The van der Waals surface area contributed by atoms with Gasteiger partial charge in [0.15, 0.2) is 0 Å². The van der Waals surface area contributed by atoms with Crippen molar-refractivity contribution in [1.29, 1.82) is 5.41 Å². The van der Waals surface area contributed by atoms with Crippen LogP contribution in [0.1, 0.15) is 31.4 Å². The molecule has 1 aromatic rings. The monoisotopic (exact) mass is 219 g/mol. The van der Waals surface area contributed by atoms with Gasteiger partial charge in [-0.25, -0.2) is 4.98 Å². The number of hydrogen-bond acceptors (Lipinski definition) is 3. The fraction of sp³-hybridized carbons (Fsp3) is 0.500. The van der Waals surface area contributed by atoms with Crippen LogP contribution < -0.4 is 10.5 Å². The lowest BCUT2D eigenvalue weighted by Gasteiger charge is -2.24. The van der Waals surface area contributed by atoms with E-state index in [4.69, 9.17) is 15.9 Å². The minimum atomic E-state index is -0.0237. The molecule has 1 saturated carbocycles. The van der Waals surface area contributed by atoms with E-state index in [0.29, 0.717) is 18.2 Å². The van der Waals surface area contributed by atoms with Gasteiger partial charge in [-0.3, -0.25) is 5.41 Å². The van der Waals surface area contributed by atoms with E-state index in [2.05, 4.69) is 4.98 Å². The van der Waals surface area contributed by atoms with Crippen molar-refractivity contribution >= 4 is 5.84 Å². The van der Waals surface area contributed by atoms with Gasteiger partial charge in [0.2, 0.25) is 5.88 Å². The zero-order chi connectivity index (χ0) is 11.4. The van der Waals surface area contributed by atoms with E-state index in [1.165, 1.54) is 19.3 Å². The lowest BCUT2D eigenvalue weighted by Crippen LogP contribution is -2.16. The van der Waals surface area contributed by atoms with E-state index in [-0.39, 0.29) is 5.84 Å². The molecule has 1 fully saturated rings. The third-order valence-corrected chi connectivity index (χ3v) is 3.00. The van der Waals surface area contributed by atoms with Crippen LogP contribution in [0.2, 0.25) is 0 Å². The molecule has 4 heteroatoms. The van der Waals surface area contributed by atoms with Gasteiger partial charge in [-0.15, -0.1) is 0 Å². The maximum absolute atomic E-state index is 7.28. The Labute approximate surface area is 95.3 Å². The Kier molecular flexibility index (Phi) is 3.39. The van der Waals surface area contributed by atoms with E-state index in [9.17, 15) is 0 Å². The maximum Gasteiger partial charge on any atom is 0.213 e. The van der Waals surface area contributed by atoms with Crippen LogP contribution in [0.15, 0.2) is 18.2 Å². The van der Waals surface area contributed by atoms with E-state index in [1.54, 1.807) is 12.1 Å². The molecule has 16 heavy (non-hydrogen) atoms. The number of nitrogens with two attached hydrogens (primary N) is 1. The highest BCUT2D eigenvalue weighted by molar-refractivity contribution is 5.93. The summed E-state index contributed by atoms with van der Waals surface area (Å²) in [6.45, 7) is 0.707. The van der Waals surface area contributed by atoms with Gasteiger partial charge in [-0.05, 0) is 18.4 Å². The number of nitrogens with one attached hydrogen (secondary N) is 1. The van der Waals surface area contributed by atoms with E-state index in [1.807, 2.05) is 6.07 Å². The van der Waals surface area contributed by atoms with Crippen molar-refractivity contribution in [3.63, 3.8) is 0 Å². The van der Waals surface area contributed by atoms with Crippen LogP contribution >= 0.6 is 0 Å². The fourth-order valence-corrected chi connectivity index (χ4v) is 1.76. The summed E-state index contributed by atoms with van der Waals surface area (Å²) in [5.41, 5.74) is 5.83. The number of nitrogen functional groups attached to an aromatic ring is 1. The first-order chi connectivity index (χ1) is 7.75. The van der Waals surface area contributed by atoms with Crippen LogP contribution in [0, 0.1) is 11.3 Å². The second-order valence-electron chi connectivity index (χ2n) is 4.21. The van der Waals surface area contributed by atoms with E-state index in [0.717, 1.165) is 12.3 Å². The SMILES string of the molecule is N=C(N)c1cccc(OCCC2CCC2)n1. The average Bonchev–Trinajstić information content (AvgIpc) is 2.22. The van der Waals surface area contributed by atoms with Gasteiger partial charge in [0.05, 0.1) is 6.61 Å². The summed E-state index contributed by atoms with van der Waals surface area (Å²) in [5, 5.41) is 7.28. The van der Waals surface area contributed by atoms with Gasteiger partial charge in [-0.1, -0.05) is 25.3 Å². The molecular formula is C12H17N3O. The number of ether oxygens (including phenoxy) is 1. The lowest BCUT2D eigenvalue weighted by atomic mass is 9.83. The molecule has 0 amide bonds. The number of amidine groups is 1. The molecule has 0 bridgehead atoms. The van der Waals surface area contributed by atoms with Crippen LogP contribution in [0.5, 0.6) is 5.88 Å². The molecule has 0 spiro atoms. The van der Waals surface area contributed by atoms with Crippen LogP contribution in [0.25, 0.3) is 0 Å². The average molecular weight is 219 g/mol. The molecule has 0 unspecified atom stereocenters. The topological polar surface area (TPSA) is 72.0 Å². The summed E-state index contributed by atoms with van der Waals surface area (Å²) in [7, 11) is 0. The Bertz CT molecular complexity index is 374. The highest BCUT2D eigenvalue weighted by Gasteiger charge is 2.16. The number of pyridine rings is 1. The highest BCUT2D eigenvalue weighted by atomic mass is 16.5. The third-order valence-electron chi connectivity index (χ3n) is 3.00. The zero-order valence-electron chi connectivity index (χ0n) is 9.28. The second-order valence-corrected chi connectivity index (χ2v) is 4.21. The molecule has 0 saturated heterocycles. The highest BCUT2D eigenvalue weighted by Crippen LogP contribution is 2.29. The van der Waals surface area contributed by atoms with Gasteiger partial charge >= 0.3 is 0 Å².